The fraction of sp³-hybridized carbons (Fsp3) is 0.500. The zero-order valence-electron chi connectivity index (χ0n) is 8.57. The Balaban J connectivity index is 1.88. The third kappa shape index (κ3) is 2.26. The van der Waals surface area contributed by atoms with Crippen LogP contribution in [0.15, 0.2) is 35.2 Å². The number of furan rings is 1. The van der Waals surface area contributed by atoms with Crippen molar-refractivity contribution in [3.05, 3.63) is 36.3 Å². The summed E-state index contributed by atoms with van der Waals surface area (Å²) in [6, 6.07) is 3.05. The monoisotopic (exact) mass is 191 g/mol. The van der Waals surface area contributed by atoms with Gasteiger partial charge in [0.05, 0.1) is 12.5 Å². The normalized spacial score (nSPS) is 23.6. The summed E-state index contributed by atoms with van der Waals surface area (Å²) in [4.78, 5) is 0. The molecule has 0 saturated heterocycles. The summed E-state index contributed by atoms with van der Waals surface area (Å²) in [6.45, 7) is 2.18. The van der Waals surface area contributed by atoms with Crippen molar-refractivity contribution in [1.29, 1.82) is 0 Å². The maximum Gasteiger partial charge on any atom is 0.0950 e. The van der Waals surface area contributed by atoms with E-state index in [0.717, 1.165) is 6.42 Å². The molecule has 2 rings (SSSR count). The Kier molecular flexibility index (Phi) is 3.04. The highest BCUT2D eigenvalue weighted by molar-refractivity contribution is 5.11. The molecule has 2 unspecified atom stereocenters. The largest absolute Gasteiger partial charge is 0.472 e. The molecule has 14 heavy (non-hydrogen) atoms. The average molecular weight is 191 g/mol. The third-order valence-electron chi connectivity index (χ3n) is 2.80. The van der Waals surface area contributed by atoms with Gasteiger partial charge in [0.1, 0.15) is 0 Å². The molecule has 0 radical (unpaired) electrons. The number of hydrogen-bond donors (Lipinski definition) is 1. The van der Waals surface area contributed by atoms with Crippen LogP contribution in [0.2, 0.25) is 0 Å². The van der Waals surface area contributed by atoms with Gasteiger partial charge in [-0.2, -0.15) is 0 Å². The van der Waals surface area contributed by atoms with Crippen LogP contribution in [0.25, 0.3) is 0 Å². The average Bonchev–Trinajstić information content (AvgIpc) is 2.72. The zero-order chi connectivity index (χ0) is 9.80. The lowest BCUT2D eigenvalue weighted by molar-refractivity contribution is 0.423. The van der Waals surface area contributed by atoms with Crippen molar-refractivity contribution in [2.24, 2.45) is 0 Å². The second-order valence-corrected chi connectivity index (χ2v) is 3.93. The van der Waals surface area contributed by atoms with Crippen molar-refractivity contribution in [1.82, 2.24) is 5.32 Å². The number of allylic oxidation sites excluding steroid dienone is 1. The van der Waals surface area contributed by atoms with Crippen LogP contribution in [0.5, 0.6) is 0 Å². The second kappa shape index (κ2) is 4.47. The molecule has 1 aromatic heterocycles. The van der Waals surface area contributed by atoms with Crippen molar-refractivity contribution in [3.63, 3.8) is 0 Å². The van der Waals surface area contributed by atoms with Crippen LogP contribution in [0.1, 0.15) is 37.8 Å². The van der Waals surface area contributed by atoms with Gasteiger partial charge >= 0.3 is 0 Å². The molecule has 0 amide bonds. The summed E-state index contributed by atoms with van der Waals surface area (Å²) < 4.78 is 5.07. The van der Waals surface area contributed by atoms with Crippen molar-refractivity contribution in [3.8, 4) is 0 Å². The molecule has 0 bridgehead atoms. The minimum atomic E-state index is 0.394. The third-order valence-corrected chi connectivity index (χ3v) is 2.80. The highest BCUT2D eigenvalue weighted by Crippen LogP contribution is 2.17. The van der Waals surface area contributed by atoms with E-state index in [4.69, 9.17) is 4.42 Å². The predicted octanol–water partition coefficient (Wildman–Crippen LogP) is 3.04. The van der Waals surface area contributed by atoms with Crippen LogP contribution in [-0.2, 0) is 0 Å². The van der Waals surface area contributed by atoms with Gasteiger partial charge < -0.3 is 9.73 Å². The molecule has 1 aliphatic carbocycles. The van der Waals surface area contributed by atoms with Crippen molar-refractivity contribution in [2.45, 2.75) is 38.3 Å². The predicted molar refractivity (Wildman–Crippen MR) is 57.0 cm³/mol. The van der Waals surface area contributed by atoms with E-state index < -0.39 is 0 Å². The van der Waals surface area contributed by atoms with Crippen LogP contribution in [0, 0.1) is 0 Å². The highest BCUT2D eigenvalue weighted by atomic mass is 16.3. The van der Waals surface area contributed by atoms with Gasteiger partial charge in [-0.05, 0) is 32.3 Å². The molecule has 1 aromatic rings. The van der Waals surface area contributed by atoms with Crippen LogP contribution in [-0.4, -0.2) is 6.04 Å². The lowest BCUT2D eigenvalue weighted by Gasteiger charge is -2.23. The Morgan fingerprint density at radius 3 is 3.07 bits per heavy atom. The smallest absolute Gasteiger partial charge is 0.0950 e. The Hall–Kier alpha value is -1.02. The molecule has 0 aromatic carbocycles. The van der Waals surface area contributed by atoms with Gasteiger partial charge in [-0.3, -0.25) is 0 Å². The van der Waals surface area contributed by atoms with E-state index in [1.165, 1.54) is 18.4 Å². The van der Waals surface area contributed by atoms with Gasteiger partial charge in [-0.1, -0.05) is 12.2 Å². The number of nitrogens with one attached hydrogen (secondary N) is 1. The summed E-state index contributed by atoms with van der Waals surface area (Å²) in [5.74, 6) is 0. The van der Waals surface area contributed by atoms with Gasteiger partial charge in [0.25, 0.3) is 0 Å². The SMILES string of the molecule is CC(NC1CC=CCC1)c1ccoc1. The molecule has 1 heterocycles. The Morgan fingerprint density at radius 2 is 2.43 bits per heavy atom. The summed E-state index contributed by atoms with van der Waals surface area (Å²) >= 11 is 0. The zero-order valence-corrected chi connectivity index (χ0v) is 8.57. The van der Waals surface area contributed by atoms with E-state index in [9.17, 15) is 0 Å². The topological polar surface area (TPSA) is 25.2 Å². The van der Waals surface area contributed by atoms with Crippen LogP contribution < -0.4 is 5.32 Å². The summed E-state index contributed by atoms with van der Waals surface area (Å²) in [5.41, 5.74) is 1.24. The summed E-state index contributed by atoms with van der Waals surface area (Å²) in [7, 11) is 0. The van der Waals surface area contributed by atoms with E-state index in [-0.39, 0.29) is 0 Å². The molecule has 1 aliphatic rings. The highest BCUT2D eigenvalue weighted by Gasteiger charge is 2.14. The molecule has 2 atom stereocenters. The molecule has 0 fully saturated rings. The first-order valence-corrected chi connectivity index (χ1v) is 5.29. The molecule has 1 N–H and O–H groups in total. The molecule has 2 heteroatoms. The van der Waals surface area contributed by atoms with Gasteiger partial charge in [-0.15, -0.1) is 0 Å². The fourth-order valence-corrected chi connectivity index (χ4v) is 1.92. The minimum Gasteiger partial charge on any atom is -0.472 e. The number of hydrogen-bond acceptors (Lipinski definition) is 2. The van der Waals surface area contributed by atoms with E-state index in [2.05, 4.69) is 24.4 Å². The van der Waals surface area contributed by atoms with E-state index in [0.29, 0.717) is 12.1 Å². The molecular weight excluding hydrogens is 174 g/mol. The standard InChI is InChI=1S/C12H17NO/c1-10(11-7-8-14-9-11)13-12-5-3-2-4-6-12/h2-3,7-10,12-13H,4-6H2,1H3. The second-order valence-electron chi connectivity index (χ2n) is 3.93. The van der Waals surface area contributed by atoms with E-state index in [1.807, 2.05) is 12.3 Å². The molecule has 76 valence electrons. The maximum atomic E-state index is 5.07. The van der Waals surface area contributed by atoms with E-state index >= 15 is 0 Å². The van der Waals surface area contributed by atoms with Gasteiger partial charge in [-0.25, -0.2) is 0 Å². The molecule has 0 aliphatic heterocycles. The lowest BCUT2D eigenvalue weighted by Crippen LogP contribution is -2.31. The fourth-order valence-electron chi connectivity index (χ4n) is 1.92. The molecule has 0 saturated carbocycles. The molecular formula is C12H17NO. The van der Waals surface area contributed by atoms with E-state index in [1.54, 1.807) is 6.26 Å². The maximum absolute atomic E-state index is 5.07. The summed E-state index contributed by atoms with van der Waals surface area (Å²) in [6.07, 6.45) is 11.7. The van der Waals surface area contributed by atoms with Crippen molar-refractivity contribution in [2.75, 3.05) is 0 Å². The van der Waals surface area contributed by atoms with Gasteiger partial charge in [0.2, 0.25) is 0 Å². The Morgan fingerprint density at radius 1 is 1.50 bits per heavy atom. The quantitative estimate of drug-likeness (QED) is 0.743. The van der Waals surface area contributed by atoms with Crippen LogP contribution >= 0.6 is 0 Å². The first kappa shape index (κ1) is 9.53. The molecule has 0 spiro atoms. The van der Waals surface area contributed by atoms with Crippen molar-refractivity contribution >= 4 is 0 Å². The Labute approximate surface area is 85.0 Å². The minimum absolute atomic E-state index is 0.394. The number of rotatable bonds is 3. The van der Waals surface area contributed by atoms with Gasteiger partial charge in [0.15, 0.2) is 0 Å². The first-order chi connectivity index (χ1) is 6.86. The van der Waals surface area contributed by atoms with Gasteiger partial charge in [0, 0.05) is 17.6 Å². The van der Waals surface area contributed by atoms with Crippen molar-refractivity contribution < 1.29 is 4.42 Å². The van der Waals surface area contributed by atoms with Crippen LogP contribution in [0.3, 0.4) is 0 Å². The van der Waals surface area contributed by atoms with Crippen LogP contribution in [0.4, 0.5) is 0 Å². The first-order valence-electron chi connectivity index (χ1n) is 5.29. The molecule has 2 nitrogen and oxygen atoms in total. The lowest BCUT2D eigenvalue weighted by atomic mass is 10.0. The summed E-state index contributed by atoms with van der Waals surface area (Å²) in [5, 5.41) is 3.61. The Bertz CT molecular complexity index is 289.